The molecule has 0 aromatic rings. The topological polar surface area (TPSA) is 120 Å². The second-order valence-corrected chi connectivity index (χ2v) is 14.0. The van der Waals surface area contributed by atoms with Crippen LogP contribution in [-0.4, -0.2) is 44.1 Å². The average Bonchev–Trinajstić information content (AvgIpc) is 3.05. The third-order valence-electron chi connectivity index (χ3n) is 8.95. The van der Waals surface area contributed by atoms with Crippen molar-refractivity contribution in [2.75, 3.05) is 0 Å². The molecular weight excluding hydrogens is 809 g/mol. The third kappa shape index (κ3) is 66.2. The summed E-state index contributed by atoms with van der Waals surface area (Å²) < 4.78 is 0. The summed E-state index contributed by atoms with van der Waals surface area (Å²) >= 11 is 0. The normalized spacial score (nSPS) is 10.3. The van der Waals surface area contributed by atoms with E-state index in [0.29, 0.717) is 0 Å². The summed E-state index contributed by atoms with van der Waals surface area (Å²) in [5.74, 6) is -2.72. The van der Waals surface area contributed by atoms with E-state index in [1.54, 1.807) is 0 Å². The first-order valence-electron chi connectivity index (χ1n) is 20.9. The molecule has 0 saturated carbocycles. The molecule has 0 aromatic heterocycles. The summed E-state index contributed by atoms with van der Waals surface area (Å²) in [5, 5.41) is 30.4. The molecule has 0 heterocycles. The molecule has 0 bridgehead atoms. The van der Waals surface area contributed by atoms with Crippen LogP contribution in [0.4, 0.5) is 0 Å². The van der Waals surface area contributed by atoms with Gasteiger partial charge < -0.3 is 29.7 Å². The van der Waals surface area contributed by atoms with Gasteiger partial charge in [-0.1, -0.05) is 213 Å². The van der Waals surface area contributed by atoms with E-state index in [0.717, 1.165) is 38.5 Å². The van der Waals surface area contributed by atoms with Crippen LogP contribution >= 0.6 is 0 Å². The number of carbonyl (C=O) groups is 3. The van der Waals surface area contributed by atoms with E-state index in [1.807, 2.05) is 0 Å². The van der Waals surface area contributed by atoms with Gasteiger partial charge in [-0.05, 0) is 38.5 Å². The molecule has 0 aliphatic carbocycles. The number of carboxylic acids is 3. The average molecular weight is 891 g/mol. The van der Waals surface area contributed by atoms with Crippen LogP contribution in [0, 0.1) is 0 Å². The molecular formula is C42H81BiO6. The van der Waals surface area contributed by atoms with Crippen molar-refractivity contribution >= 4 is 44.1 Å². The van der Waals surface area contributed by atoms with Crippen LogP contribution in [0.5, 0.6) is 0 Å². The Labute approximate surface area is 324 Å². The predicted octanol–water partition coefficient (Wildman–Crippen LogP) is 9.93. The van der Waals surface area contributed by atoms with Gasteiger partial charge >= 0.3 is 26.2 Å². The van der Waals surface area contributed by atoms with E-state index in [-0.39, 0.29) is 45.5 Å². The number of carbonyl (C=O) groups excluding carboxylic acids is 3. The SMILES string of the molecule is CCCCCCCCCCCCCC(=O)[O-].CCCCCCCCCCCCCC(=O)[O-].CCCCCCCCCCCCCC(=O)[O-].[Bi+3]. The maximum Gasteiger partial charge on any atom is 3.00 e. The zero-order valence-corrected chi connectivity index (χ0v) is 36.3. The minimum atomic E-state index is -0.907. The van der Waals surface area contributed by atoms with Gasteiger partial charge in [0.2, 0.25) is 0 Å². The van der Waals surface area contributed by atoms with Gasteiger partial charge in [0.25, 0.3) is 0 Å². The van der Waals surface area contributed by atoms with Gasteiger partial charge in [0, 0.05) is 17.9 Å². The Morgan fingerprint density at radius 2 is 0.388 bits per heavy atom. The maximum atomic E-state index is 10.1. The molecule has 0 rings (SSSR count). The van der Waals surface area contributed by atoms with Crippen LogP contribution in [0.15, 0.2) is 0 Å². The van der Waals surface area contributed by atoms with Gasteiger partial charge in [-0.15, -0.1) is 0 Å². The Bertz CT molecular complexity index is 557. The number of rotatable bonds is 36. The Hall–Kier alpha value is -0.707. The van der Waals surface area contributed by atoms with Gasteiger partial charge in [0.05, 0.1) is 0 Å². The fraction of sp³-hybridized carbons (Fsp3) is 0.929. The van der Waals surface area contributed by atoms with Crippen molar-refractivity contribution in [1.82, 2.24) is 0 Å². The Kier molecular flexibility index (Phi) is 58.0. The number of aliphatic carboxylic acids is 3. The molecule has 0 amide bonds. The van der Waals surface area contributed by atoms with Crippen molar-refractivity contribution in [1.29, 1.82) is 0 Å². The van der Waals surface area contributed by atoms with Crippen molar-refractivity contribution in [3.63, 3.8) is 0 Å². The molecule has 0 unspecified atom stereocenters. The molecule has 0 aliphatic rings. The summed E-state index contributed by atoms with van der Waals surface area (Å²) in [6.07, 6.45) is 42.1. The molecule has 290 valence electrons. The third-order valence-corrected chi connectivity index (χ3v) is 8.95. The fourth-order valence-electron chi connectivity index (χ4n) is 5.80. The van der Waals surface area contributed by atoms with Crippen molar-refractivity contribution in [2.24, 2.45) is 0 Å². The Morgan fingerprint density at radius 1 is 0.265 bits per heavy atom. The Morgan fingerprint density at radius 3 is 0.510 bits per heavy atom. The maximum absolute atomic E-state index is 10.1. The molecule has 0 aliphatic heterocycles. The first-order chi connectivity index (χ1) is 23.3. The van der Waals surface area contributed by atoms with Crippen molar-refractivity contribution in [3.8, 4) is 0 Å². The van der Waals surface area contributed by atoms with Gasteiger partial charge in [-0.3, -0.25) is 0 Å². The monoisotopic (exact) mass is 891 g/mol. The van der Waals surface area contributed by atoms with Crippen LogP contribution in [-0.2, 0) is 14.4 Å². The first-order valence-corrected chi connectivity index (χ1v) is 20.9. The zero-order chi connectivity index (χ0) is 36.2. The van der Waals surface area contributed by atoms with E-state index in [1.165, 1.54) is 173 Å². The number of hydrogen-bond acceptors (Lipinski definition) is 6. The molecule has 7 heteroatoms. The molecule has 49 heavy (non-hydrogen) atoms. The van der Waals surface area contributed by atoms with Crippen molar-refractivity contribution in [2.45, 2.75) is 252 Å². The summed E-state index contributed by atoms with van der Waals surface area (Å²) in [5.41, 5.74) is 0. The minimum Gasteiger partial charge on any atom is -0.550 e. The molecule has 2 radical (unpaired) electrons. The number of carboxylic acid groups (broad SMARTS) is 3. The van der Waals surface area contributed by atoms with Gasteiger partial charge in [0.1, 0.15) is 0 Å². The largest absolute Gasteiger partial charge is 3.00 e. The smallest absolute Gasteiger partial charge is 0.550 e. The quantitative estimate of drug-likeness (QED) is 0.0457. The molecule has 0 fully saturated rings. The van der Waals surface area contributed by atoms with Gasteiger partial charge in [-0.25, -0.2) is 0 Å². The van der Waals surface area contributed by atoms with E-state index in [9.17, 15) is 29.7 Å². The zero-order valence-electron chi connectivity index (χ0n) is 32.9. The second kappa shape index (κ2) is 51.7. The minimum absolute atomic E-state index is 0. The van der Waals surface area contributed by atoms with Crippen LogP contribution in [0.25, 0.3) is 0 Å². The fourth-order valence-corrected chi connectivity index (χ4v) is 5.80. The van der Waals surface area contributed by atoms with Crippen LogP contribution in [0.3, 0.4) is 0 Å². The predicted molar refractivity (Wildman–Crippen MR) is 204 cm³/mol. The van der Waals surface area contributed by atoms with E-state index in [4.69, 9.17) is 0 Å². The van der Waals surface area contributed by atoms with E-state index >= 15 is 0 Å². The standard InChI is InChI=1S/3C14H28O2.Bi/c3*1-2-3-4-5-6-7-8-9-10-11-12-13-14(15)16;/h3*2-13H2,1H3,(H,15,16);/q;;;+3/p-3. The summed E-state index contributed by atoms with van der Waals surface area (Å²) in [4.78, 5) is 30.4. The van der Waals surface area contributed by atoms with Crippen molar-refractivity contribution < 1.29 is 29.7 Å². The molecule has 0 saturated heterocycles. The van der Waals surface area contributed by atoms with Crippen LogP contribution in [0.1, 0.15) is 252 Å². The number of unbranched alkanes of at least 4 members (excludes halogenated alkanes) is 30. The molecule has 6 nitrogen and oxygen atoms in total. The molecule has 0 aromatic carbocycles. The summed E-state index contributed by atoms with van der Waals surface area (Å²) in [6, 6.07) is 0. The Balaban J connectivity index is -0.000000307. The molecule has 0 spiro atoms. The van der Waals surface area contributed by atoms with Crippen molar-refractivity contribution in [3.05, 3.63) is 0 Å². The second-order valence-electron chi connectivity index (χ2n) is 14.0. The first kappa shape index (κ1) is 55.1. The molecule has 0 N–H and O–H groups in total. The van der Waals surface area contributed by atoms with Crippen LogP contribution in [0.2, 0.25) is 0 Å². The van der Waals surface area contributed by atoms with Crippen LogP contribution < -0.4 is 15.3 Å². The van der Waals surface area contributed by atoms with Gasteiger partial charge in [0.15, 0.2) is 0 Å². The molecule has 0 atom stereocenters. The number of hydrogen-bond donors (Lipinski definition) is 0. The van der Waals surface area contributed by atoms with E-state index in [2.05, 4.69) is 20.8 Å². The summed E-state index contributed by atoms with van der Waals surface area (Å²) in [6.45, 7) is 6.73. The van der Waals surface area contributed by atoms with Gasteiger partial charge in [-0.2, -0.15) is 0 Å². The summed E-state index contributed by atoms with van der Waals surface area (Å²) in [7, 11) is 0. The van der Waals surface area contributed by atoms with E-state index < -0.39 is 17.9 Å².